The first kappa shape index (κ1) is 5.96. The molecule has 0 saturated heterocycles. The van der Waals surface area contributed by atoms with Crippen molar-refractivity contribution < 1.29 is 0 Å². The van der Waals surface area contributed by atoms with Gasteiger partial charge in [-0.1, -0.05) is 0 Å². The lowest BCUT2D eigenvalue weighted by atomic mass is 10.1. The lowest BCUT2D eigenvalue weighted by Gasteiger charge is -2.21. The quantitative estimate of drug-likeness (QED) is 0.531. The van der Waals surface area contributed by atoms with Crippen LogP contribution in [0.2, 0.25) is 0 Å². The Morgan fingerprint density at radius 1 is 1.70 bits per heavy atom. The second kappa shape index (κ2) is 2.11. The molecule has 2 heteroatoms. The third-order valence-electron chi connectivity index (χ3n) is 2.28. The normalized spacial score (nSPS) is 24.3. The molecule has 0 aromatic carbocycles. The number of nitrogens with zero attached hydrogens (tertiary/aromatic N) is 2. The molecule has 0 amide bonds. The van der Waals surface area contributed by atoms with E-state index in [0.717, 1.165) is 0 Å². The maximum absolute atomic E-state index is 4.12. The summed E-state index contributed by atoms with van der Waals surface area (Å²) in [6, 6.07) is 0.672. The Hall–Kier alpha value is -0.790. The molecule has 0 N–H and O–H groups in total. The smallest absolute Gasteiger partial charge is 0.0950 e. The number of fused-ring (bicyclic) bond motifs is 1. The van der Waals surface area contributed by atoms with Crippen LogP contribution in [0.1, 0.15) is 31.5 Å². The van der Waals surface area contributed by atoms with Gasteiger partial charge >= 0.3 is 0 Å². The topological polar surface area (TPSA) is 17.8 Å². The number of aryl methyl sites for hydroxylation is 1. The maximum Gasteiger partial charge on any atom is 0.0950 e. The van der Waals surface area contributed by atoms with Gasteiger partial charge in [-0.05, 0) is 26.2 Å². The van der Waals surface area contributed by atoms with Crippen LogP contribution in [0, 0.1) is 0 Å². The molecule has 0 bridgehead atoms. The predicted octanol–water partition coefficient (Wildman–Crippen LogP) is 1.78. The molecule has 0 radical (unpaired) electrons. The van der Waals surface area contributed by atoms with Crippen LogP contribution in [0.25, 0.3) is 0 Å². The molecule has 0 fully saturated rings. The van der Waals surface area contributed by atoms with E-state index in [2.05, 4.69) is 16.5 Å². The highest BCUT2D eigenvalue weighted by Crippen LogP contribution is 2.22. The van der Waals surface area contributed by atoms with Gasteiger partial charge in [-0.25, -0.2) is 4.98 Å². The molecule has 1 aromatic heterocycles. The van der Waals surface area contributed by atoms with Crippen molar-refractivity contribution in [1.82, 2.24) is 9.55 Å². The Kier molecular flexibility index (Phi) is 1.26. The van der Waals surface area contributed by atoms with E-state index in [1.165, 1.54) is 25.0 Å². The summed E-state index contributed by atoms with van der Waals surface area (Å²) >= 11 is 0. The summed E-state index contributed by atoms with van der Waals surface area (Å²) in [6.07, 6.45) is 7.77. The van der Waals surface area contributed by atoms with Crippen LogP contribution < -0.4 is 0 Å². The van der Waals surface area contributed by atoms with Gasteiger partial charge in [0, 0.05) is 17.9 Å². The van der Waals surface area contributed by atoms with Crippen molar-refractivity contribution in [1.29, 1.82) is 0 Å². The van der Waals surface area contributed by atoms with Crippen molar-refractivity contribution in [2.75, 3.05) is 0 Å². The first-order valence-corrected chi connectivity index (χ1v) is 3.88. The van der Waals surface area contributed by atoms with E-state index in [9.17, 15) is 0 Å². The fourth-order valence-corrected chi connectivity index (χ4v) is 1.64. The van der Waals surface area contributed by atoms with Crippen LogP contribution in [0.4, 0.5) is 0 Å². The minimum Gasteiger partial charge on any atom is -0.332 e. The third kappa shape index (κ3) is 0.753. The molecule has 0 aliphatic carbocycles. The van der Waals surface area contributed by atoms with Crippen molar-refractivity contribution >= 4 is 0 Å². The van der Waals surface area contributed by atoms with Crippen LogP contribution in [0.15, 0.2) is 12.5 Å². The van der Waals surface area contributed by atoms with E-state index >= 15 is 0 Å². The fourth-order valence-electron chi connectivity index (χ4n) is 1.64. The van der Waals surface area contributed by atoms with Crippen molar-refractivity contribution in [3.8, 4) is 0 Å². The van der Waals surface area contributed by atoms with Gasteiger partial charge in [0.1, 0.15) is 0 Å². The molecule has 0 spiro atoms. The Morgan fingerprint density at radius 3 is 3.40 bits per heavy atom. The van der Waals surface area contributed by atoms with Gasteiger partial charge < -0.3 is 4.57 Å². The van der Waals surface area contributed by atoms with E-state index in [0.29, 0.717) is 6.04 Å². The number of rotatable bonds is 0. The highest BCUT2D eigenvalue weighted by Gasteiger charge is 2.13. The predicted molar refractivity (Wildman–Crippen MR) is 39.9 cm³/mol. The third-order valence-corrected chi connectivity index (χ3v) is 2.28. The van der Waals surface area contributed by atoms with Crippen molar-refractivity contribution in [2.45, 2.75) is 32.2 Å². The largest absolute Gasteiger partial charge is 0.332 e. The standard InChI is InChI=1S/C8H12N2/c1-7-3-2-4-8-5-9-6-10(7)8/h5-7H,2-4H2,1H3/t7-/m1/s1. The number of hydrogen-bond donors (Lipinski definition) is 0. The van der Waals surface area contributed by atoms with Crippen molar-refractivity contribution in [3.63, 3.8) is 0 Å². The molecule has 0 unspecified atom stereocenters. The Bertz CT molecular complexity index is 227. The second-order valence-corrected chi connectivity index (χ2v) is 3.03. The van der Waals surface area contributed by atoms with Gasteiger partial charge in [0.05, 0.1) is 6.33 Å². The molecule has 2 rings (SSSR count). The van der Waals surface area contributed by atoms with Crippen molar-refractivity contribution in [3.05, 3.63) is 18.2 Å². The summed E-state index contributed by atoms with van der Waals surface area (Å²) in [5.41, 5.74) is 1.40. The SMILES string of the molecule is C[C@@H]1CCCc2cncn21. The Balaban J connectivity index is 2.41. The molecule has 1 aliphatic heterocycles. The highest BCUT2D eigenvalue weighted by atomic mass is 15.1. The van der Waals surface area contributed by atoms with E-state index < -0.39 is 0 Å². The molecule has 1 aromatic rings. The molecule has 2 heterocycles. The van der Waals surface area contributed by atoms with Crippen LogP contribution in [0.3, 0.4) is 0 Å². The summed E-state index contributed by atoms with van der Waals surface area (Å²) in [7, 11) is 0. The van der Waals surface area contributed by atoms with Gasteiger partial charge in [0.2, 0.25) is 0 Å². The average molecular weight is 136 g/mol. The summed E-state index contributed by atoms with van der Waals surface area (Å²) < 4.78 is 2.28. The zero-order valence-corrected chi connectivity index (χ0v) is 6.25. The van der Waals surface area contributed by atoms with E-state index in [-0.39, 0.29) is 0 Å². The van der Waals surface area contributed by atoms with E-state index in [1.807, 2.05) is 12.5 Å². The molecule has 1 aliphatic rings. The van der Waals surface area contributed by atoms with Gasteiger partial charge in [-0.2, -0.15) is 0 Å². The van der Waals surface area contributed by atoms with Gasteiger partial charge in [0.25, 0.3) is 0 Å². The Morgan fingerprint density at radius 2 is 2.60 bits per heavy atom. The summed E-state index contributed by atoms with van der Waals surface area (Å²) in [5, 5.41) is 0. The molecule has 54 valence electrons. The monoisotopic (exact) mass is 136 g/mol. The zero-order chi connectivity index (χ0) is 6.97. The van der Waals surface area contributed by atoms with Gasteiger partial charge in [-0.15, -0.1) is 0 Å². The van der Waals surface area contributed by atoms with Crippen LogP contribution in [0.5, 0.6) is 0 Å². The average Bonchev–Trinajstić information content (AvgIpc) is 2.36. The number of aromatic nitrogens is 2. The maximum atomic E-state index is 4.12. The van der Waals surface area contributed by atoms with Crippen LogP contribution in [-0.4, -0.2) is 9.55 Å². The lowest BCUT2D eigenvalue weighted by Crippen LogP contribution is -2.13. The lowest BCUT2D eigenvalue weighted by molar-refractivity contribution is 0.432. The molecule has 2 nitrogen and oxygen atoms in total. The van der Waals surface area contributed by atoms with Gasteiger partial charge in [0.15, 0.2) is 0 Å². The molecule has 1 atom stereocenters. The first-order valence-electron chi connectivity index (χ1n) is 3.88. The fraction of sp³-hybridized carbons (Fsp3) is 0.625. The summed E-state index contributed by atoms with van der Waals surface area (Å²) in [6.45, 7) is 2.25. The molecular weight excluding hydrogens is 124 g/mol. The molecule has 10 heavy (non-hydrogen) atoms. The number of imidazole rings is 1. The van der Waals surface area contributed by atoms with Crippen molar-refractivity contribution in [2.24, 2.45) is 0 Å². The highest BCUT2D eigenvalue weighted by molar-refractivity contribution is 5.02. The zero-order valence-electron chi connectivity index (χ0n) is 6.25. The van der Waals surface area contributed by atoms with Crippen LogP contribution in [-0.2, 0) is 6.42 Å². The van der Waals surface area contributed by atoms with Crippen LogP contribution >= 0.6 is 0 Å². The van der Waals surface area contributed by atoms with E-state index in [4.69, 9.17) is 0 Å². The first-order chi connectivity index (χ1) is 4.88. The van der Waals surface area contributed by atoms with Gasteiger partial charge in [-0.3, -0.25) is 0 Å². The van der Waals surface area contributed by atoms with E-state index in [1.54, 1.807) is 0 Å². The minimum atomic E-state index is 0.672. The Labute approximate surface area is 60.9 Å². The summed E-state index contributed by atoms with van der Waals surface area (Å²) in [5.74, 6) is 0. The minimum absolute atomic E-state index is 0.672. The second-order valence-electron chi connectivity index (χ2n) is 3.03. The summed E-state index contributed by atoms with van der Waals surface area (Å²) in [4.78, 5) is 4.12. The molecular formula is C8H12N2. The molecule has 0 saturated carbocycles. The number of hydrogen-bond acceptors (Lipinski definition) is 1.